The third kappa shape index (κ3) is 3.55. The molecule has 11 heteroatoms. The number of carbonyl (C=O) groups is 1. The van der Waals surface area contributed by atoms with Gasteiger partial charge < -0.3 is 26.3 Å². The molecule has 4 aromatic rings. The lowest BCUT2D eigenvalue weighted by Crippen LogP contribution is -2.28. The summed E-state index contributed by atoms with van der Waals surface area (Å²) in [6, 6.07) is 2.98. The Labute approximate surface area is 180 Å². The van der Waals surface area contributed by atoms with Crippen molar-refractivity contribution in [1.82, 2.24) is 25.3 Å². The number of nitrogens with zero attached hydrogens (tertiary/aromatic N) is 4. The quantitative estimate of drug-likeness (QED) is 0.375. The predicted molar refractivity (Wildman–Crippen MR) is 119 cm³/mol. The van der Waals surface area contributed by atoms with E-state index in [0.717, 1.165) is 23.9 Å². The van der Waals surface area contributed by atoms with Gasteiger partial charge in [-0.15, -0.1) is 11.3 Å². The molecule has 160 valence electrons. The molecule has 1 aliphatic heterocycles. The second kappa shape index (κ2) is 7.75. The first-order valence-corrected chi connectivity index (χ1v) is 10.8. The molecule has 0 aliphatic carbocycles. The maximum Gasteiger partial charge on any atom is 0.263 e. The van der Waals surface area contributed by atoms with Crippen molar-refractivity contribution in [2.45, 2.75) is 19.0 Å². The van der Waals surface area contributed by atoms with Gasteiger partial charge in [-0.1, -0.05) is 0 Å². The fourth-order valence-corrected chi connectivity index (χ4v) is 4.48. The van der Waals surface area contributed by atoms with Gasteiger partial charge in [0.1, 0.15) is 22.2 Å². The average molecular weight is 441 g/mol. The summed E-state index contributed by atoms with van der Waals surface area (Å²) in [6.07, 6.45) is 2.37. The second-order valence-electron chi connectivity index (χ2n) is 7.48. The highest BCUT2D eigenvalue weighted by molar-refractivity contribution is 7.11. The minimum atomic E-state index is -0.345. The summed E-state index contributed by atoms with van der Waals surface area (Å²) in [4.78, 5) is 31.5. The first-order valence-electron chi connectivity index (χ1n) is 9.90. The van der Waals surface area contributed by atoms with Gasteiger partial charge in [-0.25, -0.2) is 14.4 Å². The van der Waals surface area contributed by atoms with Gasteiger partial charge in [-0.2, -0.15) is 0 Å². The third-order valence-corrected chi connectivity index (χ3v) is 6.18. The maximum atomic E-state index is 14.3. The highest BCUT2D eigenvalue weighted by atomic mass is 32.1. The first kappa shape index (κ1) is 19.6. The number of halogens is 1. The van der Waals surface area contributed by atoms with Crippen LogP contribution in [-0.2, 0) is 6.54 Å². The molecule has 31 heavy (non-hydrogen) atoms. The summed E-state index contributed by atoms with van der Waals surface area (Å²) in [5, 5.41) is 7.31. The van der Waals surface area contributed by atoms with Crippen molar-refractivity contribution >= 4 is 50.7 Å². The van der Waals surface area contributed by atoms with E-state index in [1.165, 1.54) is 29.7 Å². The summed E-state index contributed by atoms with van der Waals surface area (Å²) in [5.41, 5.74) is 9.71. The van der Waals surface area contributed by atoms with Crippen LogP contribution in [0.5, 0.6) is 0 Å². The fourth-order valence-electron chi connectivity index (χ4n) is 3.95. The normalized spacial score (nSPS) is 16.4. The van der Waals surface area contributed by atoms with Crippen molar-refractivity contribution in [2.24, 2.45) is 5.73 Å². The molecule has 1 saturated heterocycles. The van der Waals surface area contributed by atoms with E-state index in [1.54, 1.807) is 12.6 Å². The van der Waals surface area contributed by atoms with Crippen LogP contribution >= 0.6 is 11.3 Å². The lowest BCUT2D eigenvalue weighted by molar-refractivity contribution is 0.0953. The molecule has 5 rings (SSSR count). The Balaban J connectivity index is 1.61. The Hall–Kier alpha value is -3.31. The number of nitrogens with two attached hydrogens (primary N) is 1. The summed E-state index contributed by atoms with van der Waals surface area (Å²) in [6.45, 7) is 1.56. The molecule has 0 bridgehead atoms. The van der Waals surface area contributed by atoms with Gasteiger partial charge in [0.2, 0.25) is 0 Å². The van der Waals surface area contributed by atoms with E-state index in [9.17, 15) is 9.18 Å². The lowest BCUT2D eigenvalue weighted by Gasteiger charge is -2.19. The molecule has 4 heterocycles. The molecule has 1 unspecified atom stereocenters. The zero-order valence-electron chi connectivity index (χ0n) is 16.8. The van der Waals surface area contributed by atoms with Gasteiger partial charge in [-0.3, -0.25) is 9.78 Å². The van der Waals surface area contributed by atoms with E-state index in [4.69, 9.17) is 10.7 Å². The van der Waals surface area contributed by atoms with E-state index in [2.05, 4.69) is 30.5 Å². The molecule has 3 aromatic heterocycles. The van der Waals surface area contributed by atoms with Crippen molar-refractivity contribution in [1.29, 1.82) is 0 Å². The molecule has 1 fully saturated rings. The number of hydrogen-bond donors (Lipinski definition) is 4. The van der Waals surface area contributed by atoms with Crippen molar-refractivity contribution in [3.05, 3.63) is 40.4 Å². The molecule has 1 amide bonds. The number of benzene rings is 1. The highest BCUT2D eigenvalue weighted by Gasteiger charge is 2.26. The number of aromatic nitrogens is 4. The minimum absolute atomic E-state index is 0.0503. The van der Waals surface area contributed by atoms with Crippen LogP contribution in [0, 0.1) is 5.82 Å². The number of hydrogen-bond acceptors (Lipinski definition) is 8. The van der Waals surface area contributed by atoms with Gasteiger partial charge in [0.25, 0.3) is 5.91 Å². The van der Waals surface area contributed by atoms with Gasteiger partial charge in [0.15, 0.2) is 5.82 Å². The molecular weight excluding hydrogens is 419 g/mol. The average Bonchev–Trinajstić information content (AvgIpc) is 3.50. The van der Waals surface area contributed by atoms with E-state index < -0.39 is 0 Å². The molecule has 1 aliphatic rings. The Morgan fingerprint density at radius 1 is 1.42 bits per heavy atom. The standard InChI is InChI=1S/C20H21FN8OS/c1-23-13-5-10(21)4-12-16-18(28-17(12)13)26-15(7-25-20(30)14-6-24-9-31-14)27-19(16)29-3-2-11(22)8-29/h4-6,9,11,23H,2-3,7-8,22H2,1H3,(H,25,30)(H,26,27,28). The number of fused-ring (bicyclic) bond motifs is 3. The third-order valence-electron chi connectivity index (χ3n) is 5.41. The van der Waals surface area contributed by atoms with Crippen LogP contribution in [0.4, 0.5) is 15.9 Å². The monoisotopic (exact) mass is 440 g/mol. The minimum Gasteiger partial charge on any atom is -0.386 e. The Kier molecular flexibility index (Phi) is 4.91. The molecule has 9 nitrogen and oxygen atoms in total. The van der Waals surface area contributed by atoms with Crippen molar-refractivity contribution in [2.75, 3.05) is 30.4 Å². The summed E-state index contributed by atoms with van der Waals surface area (Å²) in [5.74, 6) is 0.576. The molecule has 1 atom stereocenters. The summed E-state index contributed by atoms with van der Waals surface area (Å²) < 4.78 is 14.3. The van der Waals surface area contributed by atoms with E-state index in [-0.39, 0.29) is 24.3 Å². The van der Waals surface area contributed by atoms with E-state index >= 15 is 0 Å². The molecule has 0 radical (unpaired) electrons. The molecule has 0 saturated carbocycles. The van der Waals surface area contributed by atoms with Gasteiger partial charge in [0.05, 0.1) is 34.8 Å². The first-order chi connectivity index (χ1) is 15.0. The van der Waals surface area contributed by atoms with Crippen LogP contribution in [0.3, 0.4) is 0 Å². The van der Waals surface area contributed by atoms with Crippen LogP contribution in [0.2, 0.25) is 0 Å². The van der Waals surface area contributed by atoms with Crippen LogP contribution in [0.1, 0.15) is 21.9 Å². The molecule has 1 aromatic carbocycles. The number of carbonyl (C=O) groups excluding carboxylic acids is 1. The fraction of sp³-hybridized carbons (Fsp3) is 0.300. The highest BCUT2D eigenvalue weighted by Crippen LogP contribution is 2.36. The topological polar surface area (TPSA) is 125 Å². The second-order valence-corrected chi connectivity index (χ2v) is 8.37. The Morgan fingerprint density at radius 3 is 3.00 bits per heavy atom. The van der Waals surface area contributed by atoms with Gasteiger partial charge >= 0.3 is 0 Å². The lowest BCUT2D eigenvalue weighted by atomic mass is 10.1. The summed E-state index contributed by atoms with van der Waals surface area (Å²) in [7, 11) is 1.74. The molecule has 5 N–H and O–H groups in total. The van der Waals surface area contributed by atoms with Crippen LogP contribution < -0.4 is 21.3 Å². The van der Waals surface area contributed by atoms with Crippen LogP contribution in [0.25, 0.3) is 21.9 Å². The number of thiazole rings is 1. The van der Waals surface area contributed by atoms with Crippen molar-refractivity contribution in [3.63, 3.8) is 0 Å². The molecular formula is C20H21FN8OS. The van der Waals surface area contributed by atoms with Crippen LogP contribution in [0.15, 0.2) is 23.8 Å². The maximum absolute atomic E-state index is 14.3. The number of aromatic amines is 1. The SMILES string of the molecule is CNc1cc(F)cc2c1[nH]c1nc(CNC(=O)c3cncs3)nc(N3CCC(N)C3)c12. The van der Waals surface area contributed by atoms with Gasteiger partial charge in [-0.05, 0) is 18.6 Å². The largest absolute Gasteiger partial charge is 0.386 e. The zero-order valence-corrected chi connectivity index (χ0v) is 17.6. The van der Waals surface area contributed by atoms with Crippen LogP contribution in [-0.4, -0.2) is 52.0 Å². The molecule has 0 spiro atoms. The predicted octanol–water partition coefficient (Wildman–Crippen LogP) is 2.22. The smallest absolute Gasteiger partial charge is 0.263 e. The van der Waals surface area contributed by atoms with E-state index in [0.29, 0.717) is 39.8 Å². The van der Waals surface area contributed by atoms with Crippen molar-refractivity contribution < 1.29 is 9.18 Å². The number of nitrogens with one attached hydrogen (secondary N) is 3. The Morgan fingerprint density at radius 2 is 2.29 bits per heavy atom. The number of H-pyrrole nitrogens is 1. The number of rotatable bonds is 5. The van der Waals surface area contributed by atoms with E-state index in [1.807, 2.05) is 0 Å². The van der Waals surface area contributed by atoms with Gasteiger partial charge in [0, 0.05) is 31.6 Å². The number of amides is 1. The summed E-state index contributed by atoms with van der Waals surface area (Å²) >= 11 is 1.27. The number of anilines is 2. The Bertz CT molecular complexity index is 1270. The van der Waals surface area contributed by atoms with Crippen molar-refractivity contribution in [3.8, 4) is 0 Å². The zero-order chi connectivity index (χ0) is 21.5.